The lowest BCUT2D eigenvalue weighted by Crippen LogP contribution is -2.44. The van der Waals surface area contributed by atoms with Crippen molar-refractivity contribution in [3.05, 3.63) is 70.3 Å². The van der Waals surface area contributed by atoms with Gasteiger partial charge in [-0.1, -0.05) is 30.3 Å². The Morgan fingerprint density at radius 2 is 1.72 bits per heavy atom. The SMILES string of the molecule is COC(=O)C[C@@H](NC(=O)OCc1ccccc1)C(=O)Oc1ccc([N+](=O)[O-])cc1. The molecule has 0 heterocycles. The van der Waals surface area contributed by atoms with Gasteiger partial charge in [-0.3, -0.25) is 14.9 Å². The molecule has 1 N–H and O–H groups in total. The van der Waals surface area contributed by atoms with Gasteiger partial charge in [-0.2, -0.15) is 0 Å². The van der Waals surface area contributed by atoms with Crippen molar-refractivity contribution in [2.45, 2.75) is 19.1 Å². The molecule has 0 aliphatic rings. The van der Waals surface area contributed by atoms with E-state index in [1.807, 2.05) is 6.07 Å². The minimum atomic E-state index is -1.37. The summed E-state index contributed by atoms with van der Waals surface area (Å²) in [7, 11) is 1.13. The third kappa shape index (κ3) is 6.94. The monoisotopic (exact) mass is 402 g/mol. The fourth-order valence-corrected chi connectivity index (χ4v) is 2.17. The maximum absolute atomic E-state index is 12.4. The molecule has 0 fully saturated rings. The average molecular weight is 402 g/mol. The van der Waals surface area contributed by atoms with Gasteiger partial charge in [-0.25, -0.2) is 9.59 Å². The summed E-state index contributed by atoms with van der Waals surface area (Å²) in [5.74, 6) is -1.70. The molecular weight excluding hydrogens is 384 g/mol. The molecule has 29 heavy (non-hydrogen) atoms. The second kappa shape index (κ2) is 10.4. The number of carbonyl (C=O) groups excluding carboxylic acids is 3. The van der Waals surface area contributed by atoms with Crippen molar-refractivity contribution in [2.75, 3.05) is 7.11 Å². The van der Waals surface area contributed by atoms with Crippen LogP contribution in [0.25, 0.3) is 0 Å². The minimum Gasteiger partial charge on any atom is -0.469 e. The number of hydrogen-bond acceptors (Lipinski definition) is 8. The number of non-ortho nitro benzene ring substituents is 1. The Labute approximate surface area is 165 Å². The minimum absolute atomic E-state index is 0.00918. The van der Waals surface area contributed by atoms with Gasteiger partial charge in [0.05, 0.1) is 18.5 Å². The number of nitrogens with zero attached hydrogens (tertiary/aromatic N) is 1. The molecule has 0 aliphatic heterocycles. The van der Waals surface area contributed by atoms with E-state index in [1.165, 1.54) is 12.1 Å². The van der Waals surface area contributed by atoms with Crippen LogP contribution in [-0.4, -0.2) is 36.1 Å². The normalized spacial score (nSPS) is 11.1. The van der Waals surface area contributed by atoms with Crippen LogP contribution in [0, 0.1) is 10.1 Å². The second-order valence-electron chi connectivity index (χ2n) is 5.71. The first-order valence-corrected chi connectivity index (χ1v) is 8.39. The highest BCUT2D eigenvalue weighted by atomic mass is 16.6. The Morgan fingerprint density at radius 1 is 1.07 bits per heavy atom. The van der Waals surface area contributed by atoms with E-state index in [9.17, 15) is 24.5 Å². The highest BCUT2D eigenvalue weighted by Crippen LogP contribution is 2.18. The fourth-order valence-electron chi connectivity index (χ4n) is 2.17. The van der Waals surface area contributed by atoms with Gasteiger partial charge < -0.3 is 19.5 Å². The molecule has 2 aromatic rings. The van der Waals surface area contributed by atoms with Crippen LogP contribution >= 0.6 is 0 Å². The smallest absolute Gasteiger partial charge is 0.408 e. The number of nitrogens with one attached hydrogen (secondary N) is 1. The third-order valence-electron chi connectivity index (χ3n) is 3.65. The van der Waals surface area contributed by atoms with Gasteiger partial charge in [-0.15, -0.1) is 0 Å². The largest absolute Gasteiger partial charge is 0.469 e. The van der Waals surface area contributed by atoms with E-state index in [0.717, 1.165) is 24.8 Å². The average Bonchev–Trinajstić information content (AvgIpc) is 2.72. The number of nitro benzene ring substituents is 1. The van der Waals surface area contributed by atoms with Crippen molar-refractivity contribution in [1.29, 1.82) is 0 Å². The van der Waals surface area contributed by atoms with Gasteiger partial charge >= 0.3 is 18.0 Å². The zero-order valence-electron chi connectivity index (χ0n) is 15.4. The first kappa shape index (κ1) is 21.4. The van der Waals surface area contributed by atoms with E-state index in [4.69, 9.17) is 9.47 Å². The van der Waals surface area contributed by atoms with Gasteiger partial charge in [0.1, 0.15) is 18.4 Å². The molecule has 0 unspecified atom stereocenters. The standard InChI is InChI=1S/C19H18N2O8/c1-27-17(22)11-16(20-19(24)28-12-13-5-3-2-4-6-13)18(23)29-15-9-7-14(8-10-15)21(25)26/h2-10,16H,11-12H2,1H3,(H,20,24)/t16-/m1/s1. The number of benzene rings is 2. The number of rotatable bonds is 8. The summed E-state index contributed by atoms with van der Waals surface area (Å²) in [6.07, 6.45) is -1.41. The number of ether oxygens (including phenoxy) is 3. The van der Waals surface area contributed by atoms with Crippen molar-refractivity contribution < 1.29 is 33.5 Å². The Balaban J connectivity index is 1.99. The molecule has 2 rings (SSSR count). The molecule has 0 radical (unpaired) electrons. The summed E-state index contributed by atoms with van der Waals surface area (Å²) in [6.45, 7) is -0.0327. The summed E-state index contributed by atoms with van der Waals surface area (Å²) in [4.78, 5) is 46.0. The summed E-state index contributed by atoms with van der Waals surface area (Å²) in [6, 6.07) is 12.2. The van der Waals surface area contributed by atoms with Crippen molar-refractivity contribution in [1.82, 2.24) is 5.32 Å². The van der Waals surface area contributed by atoms with Crippen LogP contribution in [0.5, 0.6) is 5.75 Å². The Bertz CT molecular complexity index is 868. The quantitative estimate of drug-likeness (QED) is 0.308. The highest BCUT2D eigenvalue weighted by molar-refractivity contribution is 5.87. The van der Waals surface area contributed by atoms with Crippen molar-refractivity contribution in [3.8, 4) is 5.75 Å². The highest BCUT2D eigenvalue weighted by Gasteiger charge is 2.27. The number of esters is 2. The lowest BCUT2D eigenvalue weighted by atomic mass is 10.2. The predicted octanol–water partition coefficient (Wildman–Crippen LogP) is 2.36. The maximum Gasteiger partial charge on any atom is 0.408 e. The fraction of sp³-hybridized carbons (Fsp3) is 0.211. The summed E-state index contributed by atoms with van der Waals surface area (Å²) in [5, 5.41) is 12.9. The molecule has 10 nitrogen and oxygen atoms in total. The molecule has 152 valence electrons. The summed E-state index contributed by atoms with van der Waals surface area (Å²) >= 11 is 0. The summed E-state index contributed by atoms with van der Waals surface area (Å²) in [5.41, 5.74) is 0.555. The van der Waals surface area contributed by atoms with E-state index in [0.29, 0.717) is 0 Å². The van der Waals surface area contributed by atoms with E-state index in [1.54, 1.807) is 24.3 Å². The third-order valence-corrected chi connectivity index (χ3v) is 3.65. The number of nitro groups is 1. The molecular formula is C19H18N2O8. The first-order valence-electron chi connectivity index (χ1n) is 8.39. The van der Waals surface area contributed by atoms with Crippen molar-refractivity contribution in [3.63, 3.8) is 0 Å². The van der Waals surface area contributed by atoms with Crippen LogP contribution in [0.4, 0.5) is 10.5 Å². The number of amides is 1. The maximum atomic E-state index is 12.4. The second-order valence-corrected chi connectivity index (χ2v) is 5.71. The van der Waals surface area contributed by atoms with Crippen LogP contribution in [0.1, 0.15) is 12.0 Å². The molecule has 0 aromatic heterocycles. The molecule has 0 bridgehead atoms. The predicted molar refractivity (Wildman–Crippen MR) is 98.9 cm³/mol. The molecule has 2 aromatic carbocycles. The van der Waals surface area contributed by atoms with Gasteiger partial charge in [0.25, 0.3) is 5.69 Å². The van der Waals surface area contributed by atoms with Crippen molar-refractivity contribution in [2.24, 2.45) is 0 Å². The summed E-state index contributed by atoms with van der Waals surface area (Å²) < 4.78 is 14.6. The van der Waals surface area contributed by atoms with Gasteiger partial charge in [0.2, 0.25) is 0 Å². The molecule has 0 spiro atoms. The molecule has 0 aliphatic carbocycles. The van der Waals surface area contributed by atoms with E-state index < -0.39 is 35.4 Å². The Morgan fingerprint density at radius 3 is 2.31 bits per heavy atom. The van der Waals surface area contributed by atoms with E-state index >= 15 is 0 Å². The number of methoxy groups -OCH3 is 1. The number of hydrogen-bond donors (Lipinski definition) is 1. The molecule has 0 saturated heterocycles. The van der Waals surface area contributed by atoms with Crippen LogP contribution in [0.2, 0.25) is 0 Å². The molecule has 10 heteroatoms. The lowest BCUT2D eigenvalue weighted by Gasteiger charge is -2.16. The number of carbonyl (C=O) groups is 3. The van der Waals surface area contributed by atoms with E-state index in [-0.39, 0.29) is 18.0 Å². The van der Waals surface area contributed by atoms with Gasteiger partial charge in [-0.05, 0) is 17.7 Å². The molecule has 1 amide bonds. The van der Waals surface area contributed by atoms with E-state index in [2.05, 4.69) is 10.1 Å². The van der Waals surface area contributed by atoms with Gasteiger partial charge in [0.15, 0.2) is 0 Å². The van der Waals surface area contributed by atoms with Crippen LogP contribution in [0.3, 0.4) is 0 Å². The first-order chi connectivity index (χ1) is 13.9. The topological polar surface area (TPSA) is 134 Å². The van der Waals surface area contributed by atoms with Crippen LogP contribution < -0.4 is 10.1 Å². The Kier molecular flexibility index (Phi) is 7.66. The number of alkyl carbamates (subject to hydrolysis) is 1. The zero-order chi connectivity index (χ0) is 21.2. The van der Waals surface area contributed by atoms with Gasteiger partial charge in [0, 0.05) is 12.1 Å². The van der Waals surface area contributed by atoms with Crippen molar-refractivity contribution >= 4 is 23.7 Å². The lowest BCUT2D eigenvalue weighted by molar-refractivity contribution is -0.384. The zero-order valence-corrected chi connectivity index (χ0v) is 15.4. The Hall–Kier alpha value is -3.95. The van der Waals surface area contributed by atoms with Crippen LogP contribution in [-0.2, 0) is 25.7 Å². The molecule has 0 saturated carbocycles. The molecule has 1 atom stereocenters. The van der Waals surface area contributed by atoms with Crippen LogP contribution in [0.15, 0.2) is 54.6 Å².